The highest BCUT2D eigenvalue weighted by molar-refractivity contribution is 5.53. The van der Waals surface area contributed by atoms with Crippen LogP contribution >= 0.6 is 0 Å². The van der Waals surface area contributed by atoms with Crippen molar-refractivity contribution in [3.63, 3.8) is 0 Å². The van der Waals surface area contributed by atoms with Gasteiger partial charge in [0, 0.05) is 25.8 Å². The number of likely N-dealkylation sites (N-methyl/N-ethyl adjacent to an activating group) is 2. The second-order valence-electron chi connectivity index (χ2n) is 6.17. The average Bonchev–Trinajstić information content (AvgIpc) is 2.36. The lowest BCUT2D eigenvalue weighted by molar-refractivity contribution is 0.178. The largest absolute Gasteiger partial charge is 0.366 e. The van der Waals surface area contributed by atoms with Gasteiger partial charge in [0.05, 0.1) is 5.54 Å². The maximum absolute atomic E-state index is 6.15. The minimum absolute atomic E-state index is 0.0766. The molecule has 0 bridgehead atoms. The van der Waals surface area contributed by atoms with E-state index in [0.717, 1.165) is 6.54 Å². The molecule has 19 heavy (non-hydrogen) atoms. The molecule has 0 saturated carbocycles. The highest BCUT2D eigenvalue weighted by Crippen LogP contribution is 2.30. The highest BCUT2D eigenvalue weighted by atomic mass is 15.3. The SMILES string of the molecule is Cc1cc(C)cc(N(C)C2(CN)CCCN(C)C2)c1. The van der Waals surface area contributed by atoms with Crippen LogP contribution in [0.4, 0.5) is 5.69 Å². The number of benzene rings is 1. The molecule has 0 aliphatic carbocycles. The van der Waals surface area contributed by atoms with Crippen LogP contribution in [0.3, 0.4) is 0 Å². The van der Waals surface area contributed by atoms with E-state index in [1.165, 1.54) is 36.2 Å². The predicted molar refractivity (Wildman–Crippen MR) is 82.8 cm³/mol. The summed E-state index contributed by atoms with van der Waals surface area (Å²) in [5.74, 6) is 0. The molecule has 1 aromatic carbocycles. The zero-order chi connectivity index (χ0) is 14.0. The third-order valence-electron chi connectivity index (χ3n) is 4.43. The Kier molecular flexibility index (Phi) is 4.16. The monoisotopic (exact) mass is 261 g/mol. The summed E-state index contributed by atoms with van der Waals surface area (Å²) in [4.78, 5) is 4.80. The van der Waals surface area contributed by atoms with Gasteiger partial charge >= 0.3 is 0 Å². The zero-order valence-corrected chi connectivity index (χ0v) is 12.7. The Hall–Kier alpha value is -1.06. The van der Waals surface area contributed by atoms with Gasteiger partial charge in [-0.3, -0.25) is 0 Å². The summed E-state index contributed by atoms with van der Waals surface area (Å²) >= 11 is 0. The molecule has 1 fully saturated rings. The van der Waals surface area contributed by atoms with Gasteiger partial charge in [0.15, 0.2) is 0 Å². The second kappa shape index (κ2) is 5.51. The van der Waals surface area contributed by atoms with Gasteiger partial charge in [0.1, 0.15) is 0 Å². The van der Waals surface area contributed by atoms with Crippen LogP contribution in [0.1, 0.15) is 24.0 Å². The van der Waals surface area contributed by atoms with Crippen molar-refractivity contribution < 1.29 is 0 Å². The molecule has 0 aromatic heterocycles. The van der Waals surface area contributed by atoms with E-state index in [2.05, 4.69) is 55.9 Å². The summed E-state index contributed by atoms with van der Waals surface area (Å²) in [5, 5.41) is 0. The Labute approximate surface area is 117 Å². The van der Waals surface area contributed by atoms with Crippen molar-refractivity contribution in [1.82, 2.24) is 4.90 Å². The van der Waals surface area contributed by atoms with Crippen molar-refractivity contribution in [2.75, 3.05) is 38.6 Å². The lowest BCUT2D eigenvalue weighted by atomic mass is 9.87. The standard InChI is InChI=1S/C16H27N3/c1-13-8-14(2)10-15(9-13)19(4)16(11-17)6-5-7-18(3)12-16/h8-10H,5-7,11-12,17H2,1-4H3. The first-order chi connectivity index (χ1) is 8.97. The van der Waals surface area contributed by atoms with Gasteiger partial charge < -0.3 is 15.5 Å². The molecule has 3 heteroatoms. The Morgan fingerprint density at radius 1 is 1.26 bits per heavy atom. The van der Waals surface area contributed by atoms with Gasteiger partial charge in [-0.2, -0.15) is 0 Å². The van der Waals surface area contributed by atoms with E-state index in [4.69, 9.17) is 5.73 Å². The molecule has 2 rings (SSSR count). The molecule has 1 aliphatic heterocycles. The van der Waals surface area contributed by atoms with Gasteiger partial charge in [-0.1, -0.05) is 6.07 Å². The molecule has 1 saturated heterocycles. The lowest BCUT2D eigenvalue weighted by Gasteiger charge is -2.48. The van der Waals surface area contributed by atoms with Gasteiger partial charge in [-0.25, -0.2) is 0 Å². The zero-order valence-electron chi connectivity index (χ0n) is 12.7. The van der Waals surface area contributed by atoms with E-state index in [0.29, 0.717) is 6.54 Å². The number of nitrogens with two attached hydrogens (primary N) is 1. The average molecular weight is 261 g/mol. The molecule has 3 nitrogen and oxygen atoms in total. The number of hydrogen-bond acceptors (Lipinski definition) is 3. The van der Waals surface area contributed by atoms with Gasteiger partial charge in [-0.05, 0) is 63.5 Å². The number of aryl methyl sites for hydroxylation is 2. The molecular formula is C16H27N3. The summed E-state index contributed by atoms with van der Waals surface area (Å²) < 4.78 is 0. The third-order valence-corrected chi connectivity index (χ3v) is 4.43. The molecule has 0 amide bonds. The van der Waals surface area contributed by atoms with Crippen LogP contribution in [0.5, 0.6) is 0 Å². The van der Waals surface area contributed by atoms with E-state index in [1.54, 1.807) is 0 Å². The van der Waals surface area contributed by atoms with Gasteiger partial charge in [-0.15, -0.1) is 0 Å². The molecule has 1 unspecified atom stereocenters. The molecule has 2 N–H and O–H groups in total. The maximum atomic E-state index is 6.15. The molecule has 106 valence electrons. The summed E-state index contributed by atoms with van der Waals surface area (Å²) in [7, 11) is 4.39. The molecule has 1 atom stereocenters. The first-order valence-corrected chi connectivity index (χ1v) is 7.18. The van der Waals surface area contributed by atoms with E-state index in [9.17, 15) is 0 Å². The minimum atomic E-state index is 0.0766. The van der Waals surface area contributed by atoms with E-state index in [1.807, 2.05) is 0 Å². The summed E-state index contributed by atoms with van der Waals surface area (Å²) in [6.07, 6.45) is 2.40. The first-order valence-electron chi connectivity index (χ1n) is 7.18. The number of anilines is 1. The fourth-order valence-electron chi connectivity index (χ4n) is 3.33. The second-order valence-corrected chi connectivity index (χ2v) is 6.17. The van der Waals surface area contributed by atoms with E-state index < -0.39 is 0 Å². The summed E-state index contributed by atoms with van der Waals surface area (Å²) in [5.41, 5.74) is 10.1. The Balaban J connectivity index is 2.31. The van der Waals surface area contributed by atoms with Crippen LogP contribution in [0, 0.1) is 13.8 Å². The fraction of sp³-hybridized carbons (Fsp3) is 0.625. The maximum Gasteiger partial charge on any atom is 0.0647 e. The van der Waals surface area contributed by atoms with Gasteiger partial charge in [0.2, 0.25) is 0 Å². The van der Waals surface area contributed by atoms with Crippen LogP contribution in [0.2, 0.25) is 0 Å². The topological polar surface area (TPSA) is 32.5 Å². The van der Waals surface area contributed by atoms with E-state index in [-0.39, 0.29) is 5.54 Å². The Bertz CT molecular complexity index is 423. The Morgan fingerprint density at radius 3 is 2.42 bits per heavy atom. The van der Waals surface area contributed by atoms with Gasteiger partial charge in [0.25, 0.3) is 0 Å². The predicted octanol–water partition coefficient (Wildman–Crippen LogP) is 2.16. The molecule has 1 heterocycles. The summed E-state index contributed by atoms with van der Waals surface area (Å²) in [6, 6.07) is 6.75. The van der Waals surface area contributed by atoms with Crippen LogP contribution < -0.4 is 10.6 Å². The van der Waals surface area contributed by atoms with Crippen LogP contribution in [-0.4, -0.2) is 44.2 Å². The Morgan fingerprint density at radius 2 is 1.89 bits per heavy atom. The van der Waals surface area contributed by atoms with Crippen LogP contribution in [-0.2, 0) is 0 Å². The number of piperidine rings is 1. The number of likely N-dealkylation sites (tertiary alicyclic amines) is 1. The van der Waals surface area contributed by atoms with Crippen molar-refractivity contribution in [2.45, 2.75) is 32.2 Å². The van der Waals surface area contributed by atoms with Crippen molar-refractivity contribution in [3.8, 4) is 0 Å². The summed E-state index contributed by atoms with van der Waals surface area (Å²) in [6.45, 7) is 7.26. The fourth-order valence-corrected chi connectivity index (χ4v) is 3.33. The number of hydrogen-bond donors (Lipinski definition) is 1. The first kappa shape index (κ1) is 14.4. The normalized spacial score (nSPS) is 24.5. The lowest BCUT2D eigenvalue weighted by Crippen LogP contribution is -2.61. The quantitative estimate of drug-likeness (QED) is 0.905. The minimum Gasteiger partial charge on any atom is -0.366 e. The molecule has 0 spiro atoms. The third kappa shape index (κ3) is 2.93. The molecule has 1 aromatic rings. The smallest absolute Gasteiger partial charge is 0.0647 e. The molecule has 1 aliphatic rings. The highest BCUT2D eigenvalue weighted by Gasteiger charge is 2.37. The van der Waals surface area contributed by atoms with Crippen molar-refractivity contribution >= 4 is 5.69 Å². The number of rotatable bonds is 3. The van der Waals surface area contributed by atoms with Crippen LogP contribution in [0.25, 0.3) is 0 Å². The molecular weight excluding hydrogens is 234 g/mol. The van der Waals surface area contributed by atoms with Crippen molar-refractivity contribution in [1.29, 1.82) is 0 Å². The molecule has 0 radical (unpaired) electrons. The van der Waals surface area contributed by atoms with Crippen LogP contribution in [0.15, 0.2) is 18.2 Å². The van der Waals surface area contributed by atoms with Crippen molar-refractivity contribution in [2.24, 2.45) is 5.73 Å². The van der Waals surface area contributed by atoms with Crippen molar-refractivity contribution in [3.05, 3.63) is 29.3 Å². The van der Waals surface area contributed by atoms with E-state index >= 15 is 0 Å². The number of nitrogens with zero attached hydrogens (tertiary/aromatic N) is 2.